The molecule has 1 aromatic carbocycles. The molecule has 0 saturated carbocycles. The Labute approximate surface area is 172 Å². The summed E-state index contributed by atoms with van der Waals surface area (Å²) in [7, 11) is 0. The molecule has 0 atom stereocenters. The lowest BCUT2D eigenvalue weighted by atomic mass is 10.0. The van der Waals surface area contributed by atoms with Crippen molar-refractivity contribution in [1.82, 2.24) is 9.88 Å². The zero-order valence-corrected chi connectivity index (χ0v) is 18.4. The van der Waals surface area contributed by atoms with Gasteiger partial charge >= 0.3 is 0 Å². The summed E-state index contributed by atoms with van der Waals surface area (Å²) in [6.07, 6.45) is 3.57. The van der Waals surface area contributed by atoms with Crippen molar-refractivity contribution in [3.63, 3.8) is 0 Å². The molecule has 5 heteroatoms. The molecule has 4 rings (SSSR count). The van der Waals surface area contributed by atoms with Crippen LogP contribution >= 0.6 is 11.3 Å². The highest BCUT2D eigenvalue weighted by molar-refractivity contribution is 7.20. The summed E-state index contributed by atoms with van der Waals surface area (Å²) in [5, 5.41) is 2.35. The lowest BCUT2D eigenvalue weighted by Crippen LogP contribution is -2.53. The largest absolute Gasteiger partial charge is 0.383 e. The number of piperazine rings is 1. The van der Waals surface area contributed by atoms with Crippen LogP contribution in [0.25, 0.3) is 21.0 Å². The molecular weight excluding hydrogens is 364 g/mol. The second-order valence-corrected chi connectivity index (χ2v) is 10.0. The fourth-order valence-electron chi connectivity index (χ4n) is 4.13. The number of hydrogen-bond acceptors (Lipinski definition) is 5. The summed E-state index contributed by atoms with van der Waals surface area (Å²) in [6, 6.07) is 8.98. The van der Waals surface area contributed by atoms with Crippen LogP contribution in [-0.4, -0.2) is 41.6 Å². The second kappa shape index (κ2) is 7.53. The van der Waals surface area contributed by atoms with Crippen LogP contribution in [0.5, 0.6) is 0 Å². The van der Waals surface area contributed by atoms with Crippen LogP contribution in [-0.2, 0) is 6.42 Å². The van der Waals surface area contributed by atoms with E-state index in [-0.39, 0.29) is 5.54 Å². The molecule has 0 aliphatic carbocycles. The molecule has 0 unspecified atom stereocenters. The molecule has 150 valence electrons. The first-order valence-corrected chi connectivity index (χ1v) is 11.3. The molecule has 1 saturated heterocycles. The van der Waals surface area contributed by atoms with Gasteiger partial charge in [-0.2, -0.15) is 0 Å². The Bertz CT molecular complexity index is 978. The number of hydrogen-bond donors (Lipinski definition) is 1. The number of anilines is 2. The lowest BCUT2D eigenvalue weighted by molar-refractivity contribution is 0.128. The Balaban J connectivity index is 1.63. The van der Waals surface area contributed by atoms with Crippen molar-refractivity contribution in [2.24, 2.45) is 0 Å². The second-order valence-electron chi connectivity index (χ2n) is 8.90. The highest BCUT2D eigenvalue weighted by atomic mass is 32.1. The van der Waals surface area contributed by atoms with E-state index in [1.165, 1.54) is 33.5 Å². The minimum atomic E-state index is 0.242. The highest BCUT2D eigenvalue weighted by Crippen LogP contribution is 2.37. The van der Waals surface area contributed by atoms with Gasteiger partial charge in [0.1, 0.15) is 5.82 Å². The zero-order valence-electron chi connectivity index (χ0n) is 17.6. The van der Waals surface area contributed by atoms with Gasteiger partial charge in [-0.05, 0) is 57.9 Å². The average molecular weight is 397 g/mol. The van der Waals surface area contributed by atoms with E-state index >= 15 is 0 Å². The summed E-state index contributed by atoms with van der Waals surface area (Å²) in [5.41, 5.74) is 8.85. The van der Waals surface area contributed by atoms with E-state index < -0.39 is 0 Å². The van der Waals surface area contributed by atoms with E-state index in [9.17, 15) is 0 Å². The highest BCUT2D eigenvalue weighted by Gasteiger charge is 2.26. The smallest absolute Gasteiger partial charge is 0.132 e. The molecule has 0 bridgehead atoms. The Hall–Kier alpha value is -1.85. The normalized spacial score (nSPS) is 16.4. The van der Waals surface area contributed by atoms with Gasteiger partial charge in [0.05, 0.1) is 5.52 Å². The Morgan fingerprint density at radius 2 is 1.82 bits per heavy atom. The molecule has 1 aliphatic rings. The van der Waals surface area contributed by atoms with Gasteiger partial charge in [-0.15, -0.1) is 11.3 Å². The van der Waals surface area contributed by atoms with Gasteiger partial charge in [0.2, 0.25) is 0 Å². The van der Waals surface area contributed by atoms with Gasteiger partial charge in [-0.1, -0.05) is 13.3 Å². The fraction of sp³-hybridized carbons (Fsp3) is 0.522. The van der Waals surface area contributed by atoms with E-state index in [0.29, 0.717) is 5.82 Å². The molecule has 0 radical (unpaired) electrons. The summed E-state index contributed by atoms with van der Waals surface area (Å²) >= 11 is 1.89. The third-order valence-electron chi connectivity index (χ3n) is 5.90. The number of rotatable bonds is 4. The molecule has 4 nitrogen and oxygen atoms in total. The maximum atomic E-state index is 6.33. The van der Waals surface area contributed by atoms with Crippen molar-refractivity contribution in [3.05, 3.63) is 29.1 Å². The summed E-state index contributed by atoms with van der Waals surface area (Å²) in [6.45, 7) is 13.4. The third kappa shape index (κ3) is 3.70. The summed E-state index contributed by atoms with van der Waals surface area (Å²) in [4.78, 5) is 11.2. The van der Waals surface area contributed by atoms with Crippen LogP contribution in [0.2, 0.25) is 0 Å². The summed E-state index contributed by atoms with van der Waals surface area (Å²) < 4.78 is 1.29. The molecule has 2 aromatic heterocycles. The van der Waals surface area contributed by atoms with E-state index in [1.54, 1.807) is 0 Å². The van der Waals surface area contributed by atoms with Gasteiger partial charge in [-0.25, -0.2) is 4.98 Å². The number of fused-ring (bicyclic) bond motifs is 3. The van der Waals surface area contributed by atoms with Crippen molar-refractivity contribution in [1.29, 1.82) is 0 Å². The van der Waals surface area contributed by atoms with E-state index in [0.717, 1.165) is 43.5 Å². The van der Waals surface area contributed by atoms with Crippen molar-refractivity contribution < 1.29 is 0 Å². The SMILES string of the molecule is CCCCc1cc2c(N)nc3cc(N4CCN(C(C)(C)C)CC4)ccc3c2s1. The van der Waals surface area contributed by atoms with Crippen LogP contribution in [0.3, 0.4) is 0 Å². The number of nitrogens with zero attached hydrogens (tertiary/aromatic N) is 3. The lowest BCUT2D eigenvalue weighted by Gasteiger charge is -2.43. The third-order valence-corrected chi connectivity index (χ3v) is 7.12. The van der Waals surface area contributed by atoms with Crippen LogP contribution in [0.4, 0.5) is 11.5 Å². The molecule has 1 aliphatic heterocycles. The zero-order chi connectivity index (χ0) is 19.9. The van der Waals surface area contributed by atoms with Gasteiger partial charge in [0, 0.05) is 57.8 Å². The van der Waals surface area contributed by atoms with Crippen molar-refractivity contribution >= 4 is 43.8 Å². The van der Waals surface area contributed by atoms with Gasteiger partial charge < -0.3 is 10.6 Å². The first-order valence-electron chi connectivity index (χ1n) is 10.5. The number of aromatic nitrogens is 1. The van der Waals surface area contributed by atoms with Crippen LogP contribution in [0.1, 0.15) is 45.4 Å². The fourth-order valence-corrected chi connectivity index (χ4v) is 5.37. The Kier molecular flexibility index (Phi) is 5.23. The van der Waals surface area contributed by atoms with E-state index in [2.05, 4.69) is 61.8 Å². The predicted octanol–water partition coefficient (Wildman–Crippen LogP) is 5.29. The van der Waals surface area contributed by atoms with Crippen molar-refractivity contribution in [2.45, 2.75) is 52.5 Å². The maximum absolute atomic E-state index is 6.33. The van der Waals surface area contributed by atoms with Crippen molar-refractivity contribution in [2.75, 3.05) is 36.8 Å². The van der Waals surface area contributed by atoms with Crippen LogP contribution in [0, 0.1) is 0 Å². The van der Waals surface area contributed by atoms with Gasteiger partial charge in [0.25, 0.3) is 0 Å². The number of aryl methyl sites for hydroxylation is 1. The molecular formula is C23H32N4S. The number of thiophene rings is 1. The van der Waals surface area contributed by atoms with Crippen molar-refractivity contribution in [3.8, 4) is 0 Å². The van der Waals surface area contributed by atoms with Gasteiger partial charge in [0.15, 0.2) is 0 Å². The number of nitrogen functional groups attached to an aromatic ring is 1. The van der Waals surface area contributed by atoms with E-state index in [4.69, 9.17) is 10.7 Å². The quantitative estimate of drug-likeness (QED) is 0.650. The van der Waals surface area contributed by atoms with Crippen LogP contribution in [0.15, 0.2) is 24.3 Å². The van der Waals surface area contributed by atoms with Crippen LogP contribution < -0.4 is 10.6 Å². The molecule has 0 spiro atoms. The number of benzene rings is 1. The molecule has 1 fully saturated rings. The van der Waals surface area contributed by atoms with Gasteiger partial charge in [-0.3, -0.25) is 4.90 Å². The molecule has 28 heavy (non-hydrogen) atoms. The maximum Gasteiger partial charge on any atom is 0.132 e. The monoisotopic (exact) mass is 396 g/mol. The summed E-state index contributed by atoms with van der Waals surface area (Å²) in [5.74, 6) is 0.663. The average Bonchev–Trinajstić information content (AvgIpc) is 3.10. The Morgan fingerprint density at radius 1 is 1.07 bits per heavy atom. The molecule has 2 N–H and O–H groups in total. The minimum Gasteiger partial charge on any atom is -0.383 e. The number of pyridine rings is 1. The number of nitrogens with two attached hydrogens (primary N) is 1. The molecule has 3 heterocycles. The molecule has 0 amide bonds. The number of unbranched alkanes of at least 4 members (excludes halogenated alkanes) is 1. The first kappa shape index (κ1) is 19.5. The molecule has 3 aromatic rings. The predicted molar refractivity (Wildman–Crippen MR) is 124 cm³/mol. The van der Waals surface area contributed by atoms with E-state index in [1.807, 2.05) is 11.3 Å². The topological polar surface area (TPSA) is 45.4 Å². The Morgan fingerprint density at radius 3 is 2.50 bits per heavy atom. The standard InChI is InChI=1S/C23H32N4S/c1-5-6-7-17-15-19-21(28-17)18-9-8-16(14-20(18)25-22(19)24)26-10-12-27(13-11-26)23(2,3)4/h8-9,14-15H,5-7,10-13H2,1-4H3,(H2,24,25). The minimum absolute atomic E-state index is 0.242. The first-order chi connectivity index (χ1) is 13.4.